The highest BCUT2D eigenvalue weighted by Crippen LogP contribution is 2.17. The normalized spacial score (nSPS) is 16.2. The number of thiazole rings is 1. The van der Waals surface area contributed by atoms with Crippen LogP contribution in [0.25, 0.3) is 0 Å². The summed E-state index contributed by atoms with van der Waals surface area (Å²) in [4.78, 5) is 18.5. The first-order chi connectivity index (χ1) is 9.78. The second-order valence-electron chi connectivity index (χ2n) is 4.79. The van der Waals surface area contributed by atoms with E-state index in [4.69, 9.17) is 4.74 Å². The number of hydrogen-bond donors (Lipinski definition) is 2. The molecule has 1 amide bonds. The number of hydrogen-bond acceptors (Lipinski definition) is 6. The van der Waals surface area contributed by atoms with Crippen LogP contribution in [0.15, 0.2) is 5.38 Å². The minimum Gasteiger partial charge on any atom is -0.379 e. The Morgan fingerprint density at radius 3 is 3.05 bits per heavy atom. The maximum atomic E-state index is 11.7. The molecule has 1 aliphatic heterocycles. The summed E-state index contributed by atoms with van der Waals surface area (Å²) in [6.07, 6.45) is 1.37. The van der Waals surface area contributed by atoms with Crippen molar-refractivity contribution < 1.29 is 9.53 Å². The molecule has 0 aromatic carbocycles. The van der Waals surface area contributed by atoms with Crippen molar-refractivity contribution in [2.45, 2.75) is 19.4 Å². The molecule has 0 saturated carbocycles. The molecule has 2 rings (SSSR count). The SMILES string of the molecule is CNCCCC(=O)Nc1nc(CN2CCOCC2)cs1. The highest BCUT2D eigenvalue weighted by molar-refractivity contribution is 7.13. The van der Waals surface area contributed by atoms with Crippen molar-refractivity contribution >= 4 is 22.4 Å². The molecule has 2 N–H and O–H groups in total. The van der Waals surface area contributed by atoms with E-state index < -0.39 is 0 Å². The van der Waals surface area contributed by atoms with Crippen LogP contribution in [-0.2, 0) is 16.1 Å². The smallest absolute Gasteiger partial charge is 0.226 e. The van der Waals surface area contributed by atoms with E-state index in [1.54, 1.807) is 0 Å². The second-order valence-corrected chi connectivity index (χ2v) is 5.65. The summed E-state index contributed by atoms with van der Waals surface area (Å²) in [6.45, 7) is 5.16. The third-order valence-corrected chi connectivity index (χ3v) is 3.92. The molecule has 0 unspecified atom stereocenters. The molecule has 6 nitrogen and oxygen atoms in total. The molecular weight excluding hydrogens is 276 g/mol. The average Bonchev–Trinajstić information content (AvgIpc) is 2.87. The van der Waals surface area contributed by atoms with Crippen LogP contribution in [0, 0.1) is 0 Å². The molecule has 112 valence electrons. The number of carbonyl (C=O) groups is 1. The second kappa shape index (κ2) is 8.31. The lowest BCUT2D eigenvalue weighted by Gasteiger charge is -2.25. The topological polar surface area (TPSA) is 66.5 Å². The van der Waals surface area contributed by atoms with Gasteiger partial charge in [-0.1, -0.05) is 0 Å². The molecule has 1 saturated heterocycles. The number of ether oxygens (including phenoxy) is 1. The third kappa shape index (κ3) is 5.16. The first kappa shape index (κ1) is 15.4. The summed E-state index contributed by atoms with van der Waals surface area (Å²) in [5, 5.41) is 8.59. The molecule has 0 bridgehead atoms. The molecule has 0 radical (unpaired) electrons. The fraction of sp³-hybridized carbons (Fsp3) is 0.692. The van der Waals surface area contributed by atoms with Gasteiger partial charge in [-0.05, 0) is 20.0 Å². The van der Waals surface area contributed by atoms with E-state index in [0.717, 1.165) is 51.5 Å². The zero-order valence-electron chi connectivity index (χ0n) is 11.9. The lowest BCUT2D eigenvalue weighted by molar-refractivity contribution is -0.116. The van der Waals surface area contributed by atoms with E-state index in [2.05, 4.69) is 20.5 Å². The van der Waals surface area contributed by atoms with Gasteiger partial charge in [0.25, 0.3) is 0 Å². The maximum absolute atomic E-state index is 11.7. The van der Waals surface area contributed by atoms with Crippen LogP contribution in [0.3, 0.4) is 0 Å². The van der Waals surface area contributed by atoms with Crippen LogP contribution in [0.4, 0.5) is 5.13 Å². The number of amides is 1. The number of morpholine rings is 1. The maximum Gasteiger partial charge on any atom is 0.226 e. The fourth-order valence-corrected chi connectivity index (χ4v) is 2.75. The number of nitrogens with zero attached hydrogens (tertiary/aromatic N) is 2. The van der Waals surface area contributed by atoms with Gasteiger partial charge >= 0.3 is 0 Å². The Balaban J connectivity index is 1.75. The Morgan fingerprint density at radius 2 is 2.30 bits per heavy atom. The molecule has 2 heterocycles. The van der Waals surface area contributed by atoms with Crippen molar-refractivity contribution in [3.63, 3.8) is 0 Å². The molecule has 1 aliphatic rings. The van der Waals surface area contributed by atoms with E-state index in [1.807, 2.05) is 12.4 Å². The Morgan fingerprint density at radius 1 is 1.50 bits per heavy atom. The van der Waals surface area contributed by atoms with Gasteiger partial charge in [0.2, 0.25) is 5.91 Å². The van der Waals surface area contributed by atoms with Crippen molar-refractivity contribution in [3.8, 4) is 0 Å². The Kier molecular flexibility index (Phi) is 6.38. The minimum absolute atomic E-state index is 0.0347. The van der Waals surface area contributed by atoms with E-state index in [-0.39, 0.29) is 5.91 Å². The molecule has 0 atom stereocenters. The van der Waals surface area contributed by atoms with Gasteiger partial charge in [0.05, 0.1) is 18.9 Å². The first-order valence-electron chi connectivity index (χ1n) is 6.97. The lowest BCUT2D eigenvalue weighted by Crippen LogP contribution is -2.35. The summed E-state index contributed by atoms with van der Waals surface area (Å²) in [5.74, 6) is 0.0347. The van der Waals surface area contributed by atoms with Gasteiger partial charge in [-0.3, -0.25) is 9.69 Å². The summed E-state index contributed by atoms with van der Waals surface area (Å²) in [5.41, 5.74) is 1.02. The summed E-state index contributed by atoms with van der Waals surface area (Å²) in [6, 6.07) is 0. The molecule has 20 heavy (non-hydrogen) atoms. The molecule has 0 aliphatic carbocycles. The van der Waals surface area contributed by atoms with Crippen LogP contribution >= 0.6 is 11.3 Å². The van der Waals surface area contributed by atoms with Crippen molar-refractivity contribution in [1.82, 2.24) is 15.2 Å². The number of carbonyl (C=O) groups excluding carboxylic acids is 1. The van der Waals surface area contributed by atoms with Crippen LogP contribution < -0.4 is 10.6 Å². The number of anilines is 1. The van der Waals surface area contributed by atoms with E-state index in [0.29, 0.717) is 11.6 Å². The molecular formula is C13H22N4O2S. The highest BCUT2D eigenvalue weighted by Gasteiger charge is 2.13. The number of aromatic nitrogens is 1. The lowest BCUT2D eigenvalue weighted by atomic mass is 10.3. The molecule has 1 aromatic rings. The van der Waals surface area contributed by atoms with Gasteiger partial charge in [0.1, 0.15) is 0 Å². The van der Waals surface area contributed by atoms with Crippen molar-refractivity contribution in [1.29, 1.82) is 0 Å². The predicted molar refractivity (Wildman–Crippen MR) is 80.0 cm³/mol. The Hall–Kier alpha value is -1.02. The quantitative estimate of drug-likeness (QED) is 0.733. The van der Waals surface area contributed by atoms with Crippen LogP contribution in [0.2, 0.25) is 0 Å². The molecule has 7 heteroatoms. The summed E-state index contributed by atoms with van der Waals surface area (Å²) in [7, 11) is 1.89. The molecule has 1 aromatic heterocycles. The molecule has 0 spiro atoms. The van der Waals surface area contributed by atoms with Crippen LogP contribution in [0.1, 0.15) is 18.5 Å². The summed E-state index contributed by atoms with van der Waals surface area (Å²) >= 11 is 1.49. The van der Waals surface area contributed by atoms with Crippen molar-refractivity contribution in [2.24, 2.45) is 0 Å². The zero-order valence-corrected chi connectivity index (χ0v) is 12.7. The molecule has 1 fully saturated rings. The van der Waals surface area contributed by atoms with Crippen molar-refractivity contribution in [3.05, 3.63) is 11.1 Å². The fourth-order valence-electron chi connectivity index (χ4n) is 2.03. The largest absolute Gasteiger partial charge is 0.379 e. The standard InChI is InChI=1S/C13H22N4O2S/c1-14-4-2-3-12(18)16-13-15-11(10-20-13)9-17-5-7-19-8-6-17/h10,14H,2-9H2,1H3,(H,15,16,18). The average molecular weight is 298 g/mol. The number of nitrogens with one attached hydrogen (secondary N) is 2. The first-order valence-corrected chi connectivity index (χ1v) is 7.85. The van der Waals surface area contributed by atoms with E-state index in [1.165, 1.54) is 11.3 Å². The highest BCUT2D eigenvalue weighted by atomic mass is 32.1. The van der Waals surface area contributed by atoms with Crippen LogP contribution in [0.5, 0.6) is 0 Å². The minimum atomic E-state index is 0.0347. The van der Waals surface area contributed by atoms with E-state index in [9.17, 15) is 4.79 Å². The van der Waals surface area contributed by atoms with E-state index >= 15 is 0 Å². The number of rotatable bonds is 7. The Labute approximate surface area is 123 Å². The van der Waals surface area contributed by atoms with Gasteiger partial charge in [-0.25, -0.2) is 4.98 Å². The predicted octanol–water partition coefficient (Wildman–Crippen LogP) is 0.913. The van der Waals surface area contributed by atoms with Gasteiger partial charge in [0, 0.05) is 31.4 Å². The van der Waals surface area contributed by atoms with Gasteiger partial charge in [-0.15, -0.1) is 11.3 Å². The zero-order chi connectivity index (χ0) is 14.2. The van der Waals surface area contributed by atoms with Gasteiger partial charge in [0.15, 0.2) is 5.13 Å². The Bertz CT molecular complexity index is 418. The van der Waals surface area contributed by atoms with Crippen molar-refractivity contribution in [2.75, 3.05) is 45.2 Å². The van der Waals surface area contributed by atoms with Crippen LogP contribution in [-0.4, -0.2) is 55.7 Å². The van der Waals surface area contributed by atoms with Gasteiger partial charge < -0.3 is 15.4 Å². The summed E-state index contributed by atoms with van der Waals surface area (Å²) < 4.78 is 5.32. The van der Waals surface area contributed by atoms with Gasteiger partial charge in [-0.2, -0.15) is 0 Å². The third-order valence-electron chi connectivity index (χ3n) is 3.12. The monoisotopic (exact) mass is 298 g/mol.